The third-order valence-electron chi connectivity index (χ3n) is 3.70. The Morgan fingerprint density at radius 1 is 1.37 bits per heavy atom. The van der Waals surface area contributed by atoms with Crippen molar-refractivity contribution in [2.45, 2.75) is 24.9 Å². The fourth-order valence-corrected chi connectivity index (χ4v) is 2.48. The summed E-state index contributed by atoms with van der Waals surface area (Å²) in [5.74, 6) is -1.10. The lowest BCUT2D eigenvalue weighted by molar-refractivity contribution is -0.152. The number of amides is 1. The Morgan fingerprint density at radius 2 is 2.07 bits per heavy atom. The number of allylic oxidation sites excluding steroid dienone is 1. The summed E-state index contributed by atoms with van der Waals surface area (Å²) in [5, 5.41) is 23.9. The minimum Gasteiger partial charge on any atom is -0.493 e. The molecule has 0 bridgehead atoms. The van der Waals surface area contributed by atoms with E-state index in [1.54, 1.807) is 24.3 Å². The molecule has 8 nitrogen and oxygen atoms in total. The Morgan fingerprint density at radius 3 is 2.67 bits per heavy atom. The summed E-state index contributed by atoms with van der Waals surface area (Å²) in [6.45, 7) is 2.84. The Kier molecular flexibility index (Phi) is 6.02. The van der Waals surface area contributed by atoms with Gasteiger partial charge < -0.3 is 25.2 Å². The van der Waals surface area contributed by atoms with Gasteiger partial charge >= 0.3 is 5.97 Å². The van der Waals surface area contributed by atoms with Gasteiger partial charge in [-0.15, -0.1) is 12.6 Å². The van der Waals surface area contributed by atoms with Crippen LogP contribution in [0.2, 0.25) is 0 Å². The van der Waals surface area contributed by atoms with Crippen LogP contribution in [-0.4, -0.2) is 35.2 Å². The van der Waals surface area contributed by atoms with Crippen LogP contribution >= 0.6 is 12.6 Å². The summed E-state index contributed by atoms with van der Waals surface area (Å²) in [4.78, 5) is 23.3. The zero-order valence-electron chi connectivity index (χ0n) is 14.9. The van der Waals surface area contributed by atoms with Gasteiger partial charge in [0.15, 0.2) is 17.1 Å². The molecule has 1 aromatic carbocycles. The second-order valence-electron chi connectivity index (χ2n) is 6.05. The van der Waals surface area contributed by atoms with Crippen molar-refractivity contribution in [2.75, 3.05) is 7.11 Å². The molecule has 0 spiro atoms. The van der Waals surface area contributed by atoms with Crippen molar-refractivity contribution < 1.29 is 24.2 Å². The van der Waals surface area contributed by atoms with Crippen molar-refractivity contribution in [3.63, 3.8) is 0 Å². The summed E-state index contributed by atoms with van der Waals surface area (Å²) in [6, 6.07) is 6.88. The average molecular weight is 389 g/mol. The number of carboxylic acid groups (broad SMARTS) is 1. The summed E-state index contributed by atoms with van der Waals surface area (Å²) in [7, 11) is 1.44. The summed E-state index contributed by atoms with van der Waals surface area (Å²) < 4.78 is 11.0. The van der Waals surface area contributed by atoms with E-state index in [1.807, 2.05) is 6.07 Å². The smallest absolute Gasteiger partial charge is 0.347 e. The molecule has 1 amide bonds. The number of hydrogen-bond acceptors (Lipinski definition) is 7. The van der Waals surface area contributed by atoms with Crippen molar-refractivity contribution in [3.05, 3.63) is 41.1 Å². The highest BCUT2D eigenvalue weighted by atomic mass is 32.1. The van der Waals surface area contributed by atoms with E-state index in [4.69, 9.17) is 9.47 Å². The molecule has 1 atom stereocenters. The molecule has 0 aliphatic carbocycles. The molecular formula is C18H19N3O5S. The topological polar surface area (TPSA) is 121 Å². The summed E-state index contributed by atoms with van der Waals surface area (Å²) in [5.41, 5.74) is -1.42. The zero-order valence-corrected chi connectivity index (χ0v) is 15.8. The lowest BCUT2D eigenvalue weighted by atomic mass is 10.1. The molecule has 0 fully saturated rings. The molecule has 2 rings (SSSR count). The number of nitriles is 1. The number of rotatable bonds is 6. The molecular weight excluding hydrogens is 370 g/mol. The van der Waals surface area contributed by atoms with Gasteiger partial charge in [0.2, 0.25) is 0 Å². The van der Waals surface area contributed by atoms with Gasteiger partial charge in [0.1, 0.15) is 17.1 Å². The van der Waals surface area contributed by atoms with E-state index >= 15 is 0 Å². The predicted molar refractivity (Wildman–Crippen MR) is 101 cm³/mol. The van der Waals surface area contributed by atoms with Crippen molar-refractivity contribution in [3.8, 4) is 17.6 Å². The molecule has 0 radical (unpaired) electrons. The second kappa shape index (κ2) is 8.05. The predicted octanol–water partition coefficient (Wildman–Crippen LogP) is 1.66. The van der Waals surface area contributed by atoms with E-state index in [9.17, 15) is 20.0 Å². The van der Waals surface area contributed by atoms with Gasteiger partial charge in [-0.05, 0) is 32.1 Å². The molecule has 142 valence electrons. The van der Waals surface area contributed by atoms with Gasteiger partial charge in [-0.2, -0.15) is 5.26 Å². The number of benzene rings is 1. The minimum absolute atomic E-state index is 0.0900. The normalized spacial score (nSPS) is 17.1. The third-order valence-corrected chi connectivity index (χ3v) is 3.96. The lowest BCUT2D eigenvalue weighted by Crippen LogP contribution is -2.46. The number of thiol groups is 1. The number of ether oxygens (including phenoxy) is 2. The minimum atomic E-state index is -1.49. The molecule has 1 unspecified atom stereocenters. The Balaban J connectivity index is 2.47. The number of aliphatic carboxylic acids is 1. The Bertz CT molecular complexity index is 870. The molecule has 1 aliphatic rings. The molecule has 3 N–H and O–H groups in total. The van der Waals surface area contributed by atoms with Crippen molar-refractivity contribution >= 4 is 30.6 Å². The second-order valence-corrected chi connectivity index (χ2v) is 6.57. The molecule has 9 heteroatoms. The van der Waals surface area contributed by atoms with Gasteiger partial charge in [0.05, 0.1) is 12.8 Å². The number of carboxylic acids is 1. The quantitative estimate of drug-likeness (QED) is 0.546. The number of hydrogen-bond donors (Lipinski definition) is 4. The van der Waals surface area contributed by atoms with Gasteiger partial charge in [0.25, 0.3) is 5.91 Å². The maximum absolute atomic E-state index is 11.9. The van der Waals surface area contributed by atoms with Crippen LogP contribution in [0.5, 0.6) is 11.5 Å². The Hall–Kier alpha value is -3.12. The fraction of sp³-hybridized carbons (Fsp3) is 0.278. The maximum atomic E-state index is 11.9. The summed E-state index contributed by atoms with van der Waals surface area (Å²) in [6.07, 6.45) is 3.12. The first-order valence-electron chi connectivity index (χ1n) is 7.87. The number of methoxy groups -OCH3 is 1. The molecule has 0 saturated heterocycles. The number of carbonyl (C=O) groups is 2. The van der Waals surface area contributed by atoms with Crippen LogP contribution in [-0.2, 0) is 9.59 Å². The molecule has 0 aromatic heterocycles. The molecule has 1 heterocycles. The van der Waals surface area contributed by atoms with Crippen molar-refractivity contribution in [1.82, 2.24) is 10.6 Å². The fourth-order valence-electron chi connectivity index (χ4n) is 2.22. The molecule has 27 heavy (non-hydrogen) atoms. The van der Waals surface area contributed by atoms with Crippen molar-refractivity contribution in [1.29, 1.82) is 5.26 Å². The average Bonchev–Trinajstić information content (AvgIpc) is 2.60. The van der Waals surface area contributed by atoms with Crippen LogP contribution in [0, 0.1) is 11.3 Å². The third kappa shape index (κ3) is 4.54. The highest BCUT2D eigenvalue weighted by Crippen LogP contribution is 2.35. The van der Waals surface area contributed by atoms with Crippen LogP contribution in [0.4, 0.5) is 0 Å². The van der Waals surface area contributed by atoms with Crippen LogP contribution in [0.1, 0.15) is 19.4 Å². The first-order valence-corrected chi connectivity index (χ1v) is 8.38. The first-order chi connectivity index (χ1) is 12.7. The van der Waals surface area contributed by atoms with Gasteiger partial charge in [0, 0.05) is 5.56 Å². The summed E-state index contributed by atoms with van der Waals surface area (Å²) >= 11 is 4.14. The monoisotopic (exact) mass is 389 g/mol. The first kappa shape index (κ1) is 20.2. The van der Waals surface area contributed by atoms with Crippen LogP contribution in [0.15, 0.2) is 35.5 Å². The molecule has 1 aromatic rings. The standard InChI is InChI=1S/C18H19N3O5S/c1-18(2,16(23)24)26-14-10(5-4-6-13(14)25-3)7-8-12-11(9-19)15(22)21-17(27)20-12/h4-8,17,20,27H,1-3H3,(H,21,22)(H,23,24)/b8-7+. The molecule has 1 aliphatic heterocycles. The van der Waals surface area contributed by atoms with Crippen LogP contribution in [0.25, 0.3) is 6.08 Å². The van der Waals surface area contributed by atoms with E-state index in [1.165, 1.54) is 27.0 Å². The Labute approximate surface area is 161 Å². The number of nitrogens with one attached hydrogen (secondary N) is 2. The van der Waals surface area contributed by atoms with E-state index in [0.29, 0.717) is 11.3 Å². The largest absolute Gasteiger partial charge is 0.493 e. The van der Waals surface area contributed by atoms with E-state index in [0.717, 1.165) is 0 Å². The van der Waals surface area contributed by atoms with Crippen molar-refractivity contribution in [2.24, 2.45) is 0 Å². The lowest BCUT2D eigenvalue weighted by Gasteiger charge is -2.24. The van der Waals surface area contributed by atoms with Crippen LogP contribution < -0.4 is 20.1 Å². The van der Waals surface area contributed by atoms with Gasteiger partial charge in [-0.25, -0.2) is 4.79 Å². The highest BCUT2D eigenvalue weighted by Gasteiger charge is 2.31. The van der Waals surface area contributed by atoms with E-state index < -0.39 is 23.0 Å². The van der Waals surface area contributed by atoms with E-state index in [-0.39, 0.29) is 17.0 Å². The zero-order chi connectivity index (χ0) is 20.2. The maximum Gasteiger partial charge on any atom is 0.347 e. The van der Waals surface area contributed by atoms with Crippen LogP contribution in [0.3, 0.4) is 0 Å². The highest BCUT2D eigenvalue weighted by molar-refractivity contribution is 7.80. The SMILES string of the molecule is COc1cccc(/C=C/C2=C(C#N)C(=O)NC(S)N2)c1OC(C)(C)C(=O)O. The van der Waals surface area contributed by atoms with Gasteiger partial charge in [-0.1, -0.05) is 12.1 Å². The van der Waals surface area contributed by atoms with E-state index in [2.05, 4.69) is 23.3 Å². The number of para-hydroxylation sites is 1. The number of nitrogens with zero attached hydrogens (tertiary/aromatic N) is 1. The number of carbonyl (C=O) groups excluding carboxylic acids is 1. The van der Waals surface area contributed by atoms with Gasteiger partial charge in [-0.3, -0.25) is 4.79 Å². The molecule has 0 saturated carbocycles.